The molecule has 0 aliphatic carbocycles. The van der Waals surface area contributed by atoms with Gasteiger partial charge in [0.05, 0.1) is 6.42 Å². The fraction of sp³-hybridized carbons (Fsp3) is 0.417. The molecule has 0 saturated carbocycles. The lowest BCUT2D eigenvalue weighted by atomic mass is 10.1. The number of nitrogens with one attached hydrogen (secondary N) is 3. The summed E-state index contributed by atoms with van der Waals surface area (Å²) in [7, 11) is 0. The lowest BCUT2D eigenvalue weighted by Crippen LogP contribution is -2.29. The van der Waals surface area contributed by atoms with Crippen molar-refractivity contribution in [3.63, 3.8) is 0 Å². The van der Waals surface area contributed by atoms with Gasteiger partial charge in [0.15, 0.2) is 0 Å². The Balaban J connectivity index is 1.90. The second-order valence-electron chi connectivity index (χ2n) is 4.44. The highest BCUT2D eigenvalue weighted by atomic mass is 16.1. The summed E-state index contributed by atoms with van der Waals surface area (Å²) in [6.45, 7) is 3.95. The molecule has 0 unspecified atom stereocenters. The van der Waals surface area contributed by atoms with Gasteiger partial charge in [-0.15, -0.1) is 0 Å². The highest BCUT2D eigenvalue weighted by molar-refractivity contribution is 5.79. The summed E-state index contributed by atoms with van der Waals surface area (Å²) in [5, 5.41) is 9.24. The van der Waals surface area contributed by atoms with Gasteiger partial charge in [0, 0.05) is 29.9 Å². The molecule has 8 heteroatoms. The number of aromatic amines is 2. The van der Waals surface area contributed by atoms with Crippen LogP contribution in [0.25, 0.3) is 0 Å². The third kappa shape index (κ3) is 3.50. The maximum atomic E-state index is 11.9. The maximum Gasteiger partial charge on any atom is 0.345 e. The molecule has 0 aliphatic heterocycles. The van der Waals surface area contributed by atoms with Crippen LogP contribution in [-0.2, 0) is 17.6 Å². The van der Waals surface area contributed by atoms with E-state index in [4.69, 9.17) is 0 Å². The van der Waals surface area contributed by atoms with Gasteiger partial charge in [0.2, 0.25) is 5.91 Å². The quantitative estimate of drug-likeness (QED) is 0.674. The van der Waals surface area contributed by atoms with Crippen molar-refractivity contribution in [2.45, 2.75) is 26.7 Å². The van der Waals surface area contributed by atoms with E-state index in [1.54, 1.807) is 13.8 Å². The van der Waals surface area contributed by atoms with Gasteiger partial charge in [-0.3, -0.25) is 9.89 Å². The summed E-state index contributed by atoms with van der Waals surface area (Å²) in [6.07, 6.45) is 2.21. The summed E-state index contributed by atoms with van der Waals surface area (Å²) in [5.41, 5.74) is 1.61. The number of carbonyl (C=O) groups excluding carboxylic acids is 1. The van der Waals surface area contributed by atoms with Crippen LogP contribution >= 0.6 is 0 Å². The molecule has 0 radical (unpaired) electrons. The van der Waals surface area contributed by atoms with E-state index in [9.17, 15) is 9.59 Å². The van der Waals surface area contributed by atoms with Crippen LogP contribution in [0.2, 0.25) is 0 Å². The minimum Gasteiger partial charge on any atom is -0.355 e. The van der Waals surface area contributed by atoms with Crippen LogP contribution in [0.4, 0.5) is 0 Å². The van der Waals surface area contributed by atoms with Crippen LogP contribution in [0.15, 0.2) is 11.1 Å². The number of carbonyl (C=O) groups is 1. The van der Waals surface area contributed by atoms with E-state index in [0.717, 1.165) is 11.4 Å². The van der Waals surface area contributed by atoms with Gasteiger partial charge >= 0.3 is 5.69 Å². The van der Waals surface area contributed by atoms with E-state index in [1.165, 1.54) is 6.33 Å². The highest BCUT2D eigenvalue weighted by Gasteiger charge is 2.10. The fourth-order valence-corrected chi connectivity index (χ4v) is 1.91. The lowest BCUT2D eigenvalue weighted by molar-refractivity contribution is -0.120. The van der Waals surface area contributed by atoms with Crippen LogP contribution in [0.1, 0.15) is 22.8 Å². The zero-order chi connectivity index (χ0) is 14.5. The first-order valence-corrected chi connectivity index (χ1v) is 6.23. The third-order valence-electron chi connectivity index (χ3n) is 2.94. The van der Waals surface area contributed by atoms with Crippen LogP contribution < -0.4 is 11.0 Å². The Labute approximate surface area is 115 Å². The van der Waals surface area contributed by atoms with Crippen molar-refractivity contribution in [3.8, 4) is 0 Å². The summed E-state index contributed by atoms with van der Waals surface area (Å²) < 4.78 is 0. The number of hydrogen-bond acceptors (Lipinski definition) is 5. The van der Waals surface area contributed by atoms with E-state index in [-0.39, 0.29) is 12.3 Å². The van der Waals surface area contributed by atoms with Crippen molar-refractivity contribution >= 4 is 5.91 Å². The molecule has 0 spiro atoms. The normalized spacial score (nSPS) is 10.5. The molecule has 2 aromatic rings. The molecule has 1 amide bonds. The number of nitrogens with zero attached hydrogens (tertiary/aromatic N) is 3. The Kier molecular flexibility index (Phi) is 4.24. The Morgan fingerprint density at radius 1 is 1.40 bits per heavy atom. The van der Waals surface area contributed by atoms with Crippen LogP contribution in [-0.4, -0.2) is 37.6 Å². The number of amides is 1. The number of hydrogen-bond donors (Lipinski definition) is 3. The zero-order valence-corrected chi connectivity index (χ0v) is 11.4. The molecule has 2 rings (SSSR count). The SMILES string of the molecule is Cc1nc(=O)[nH]c(C)c1CC(=O)NCCc1ncn[nH]1. The molecule has 0 atom stereocenters. The number of rotatable bonds is 5. The van der Waals surface area contributed by atoms with E-state index in [1.807, 2.05) is 0 Å². The monoisotopic (exact) mass is 276 g/mol. The molecule has 2 heterocycles. The lowest BCUT2D eigenvalue weighted by Gasteiger charge is -2.08. The summed E-state index contributed by atoms with van der Waals surface area (Å²) in [5.74, 6) is 0.605. The van der Waals surface area contributed by atoms with E-state index >= 15 is 0 Å². The van der Waals surface area contributed by atoms with Gasteiger partial charge in [0.25, 0.3) is 0 Å². The van der Waals surface area contributed by atoms with Crippen LogP contribution in [0, 0.1) is 13.8 Å². The average Bonchev–Trinajstić information content (AvgIpc) is 2.87. The third-order valence-corrected chi connectivity index (χ3v) is 2.94. The number of aryl methyl sites for hydroxylation is 2. The van der Waals surface area contributed by atoms with E-state index < -0.39 is 5.69 Å². The molecular formula is C12H16N6O2. The first-order valence-electron chi connectivity index (χ1n) is 6.23. The van der Waals surface area contributed by atoms with Crippen molar-refractivity contribution in [2.75, 3.05) is 6.54 Å². The molecule has 0 saturated heterocycles. The van der Waals surface area contributed by atoms with Gasteiger partial charge in [0.1, 0.15) is 12.2 Å². The highest BCUT2D eigenvalue weighted by Crippen LogP contribution is 2.07. The number of aromatic nitrogens is 5. The largest absolute Gasteiger partial charge is 0.355 e. The second-order valence-corrected chi connectivity index (χ2v) is 4.44. The van der Waals surface area contributed by atoms with E-state index in [0.29, 0.717) is 24.4 Å². The predicted molar refractivity (Wildman–Crippen MR) is 71.1 cm³/mol. The minimum atomic E-state index is -0.394. The molecule has 0 aromatic carbocycles. The summed E-state index contributed by atoms with van der Waals surface area (Å²) in [6, 6.07) is 0. The van der Waals surface area contributed by atoms with Crippen molar-refractivity contribution < 1.29 is 4.79 Å². The Bertz CT molecular complexity index is 620. The van der Waals surface area contributed by atoms with Gasteiger partial charge < -0.3 is 10.3 Å². The van der Waals surface area contributed by atoms with Crippen molar-refractivity contribution in [1.82, 2.24) is 30.5 Å². The molecule has 0 bridgehead atoms. The molecule has 3 N–H and O–H groups in total. The average molecular weight is 276 g/mol. The topological polar surface area (TPSA) is 116 Å². The van der Waals surface area contributed by atoms with Gasteiger partial charge in [-0.1, -0.05) is 0 Å². The number of H-pyrrole nitrogens is 2. The van der Waals surface area contributed by atoms with Gasteiger partial charge in [-0.25, -0.2) is 9.78 Å². The molecule has 20 heavy (non-hydrogen) atoms. The van der Waals surface area contributed by atoms with Crippen LogP contribution in [0.5, 0.6) is 0 Å². The van der Waals surface area contributed by atoms with Gasteiger partial charge in [-0.05, 0) is 13.8 Å². The van der Waals surface area contributed by atoms with E-state index in [2.05, 4.69) is 30.5 Å². The first-order chi connectivity index (χ1) is 9.56. The molecule has 8 nitrogen and oxygen atoms in total. The molecule has 0 aliphatic rings. The zero-order valence-electron chi connectivity index (χ0n) is 11.4. The minimum absolute atomic E-state index is 0.121. The molecule has 2 aromatic heterocycles. The first kappa shape index (κ1) is 13.9. The Morgan fingerprint density at radius 2 is 2.20 bits per heavy atom. The van der Waals surface area contributed by atoms with Crippen molar-refractivity contribution in [2.24, 2.45) is 0 Å². The predicted octanol–water partition coefficient (Wildman–Crippen LogP) is -0.594. The molecule has 0 fully saturated rings. The summed E-state index contributed by atoms with van der Waals surface area (Å²) >= 11 is 0. The van der Waals surface area contributed by atoms with Gasteiger partial charge in [-0.2, -0.15) is 10.1 Å². The second kappa shape index (κ2) is 6.09. The molecular weight excluding hydrogens is 260 g/mol. The summed E-state index contributed by atoms with van der Waals surface area (Å²) in [4.78, 5) is 33.4. The maximum absolute atomic E-state index is 11.9. The standard InChI is InChI=1S/C12H16N6O2/c1-7-9(8(2)17-12(20)16-7)5-11(19)13-4-3-10-14-6-15-18-10/h6H,3-5H2,1-2H3,(H,13,19)(H,14,15,18)(H,16,17,20). The fourth-order valence-electron chi connectivity index (χ4n) is 1.91. The van der Waals surface area contributed by atoms with Crippen molar-refractivity contribution in [1.29, 1.82) is 0 Å². The molecule has 106 valence electrons. The Morgan fingerprint density at radius 3 is 2.85 bits per heavy atom. The van der Waals surface area contributed by atoms with Crippen molar-refractivity contribution in [3.05, 3.63) is 39.6 Å². The Hall–Kier alpha value is -2.51. The smallest absolute Gasteiger partial charge is 0.345 e. The van der Waals surface area contributed by atoms with Crippen LogP contribution in [0.3, 0.4) is 0 Å².